The fraction of sp³-hybridized carbons (Fsp3) is 0.286. The van der Waals surface area contributed by atoms with E-state index in [0.717, 1.165) is 0 Å². The number of nitrogens with one attached hydrogen (secondary N) is 1. The molecule has 1 atom stereocenters. The second kappa shape index (κ2) is 6.10. The highest BCUT2D eigenvalue weighted by Crippen LogP contribution is 2.34. The van der Waals surface area contributed by atoms with Crippen LogP contribution in [0.2, 0.25) is 0 Å². The Morgan fingerprint density at radius 2 is 2.10 bits per heavy atom. The molecule has 1 amide bonds. The van der Waals surface area contributed by atoms with Gasteiger partial charge in [0.05, 0.1) is 0 Å². The smallest absolute Gasteiger partial charge is 0.331 e. The van der Waals surface area contributed by atoms with Crippen LogP contribution in [0.25, 0.3) is 0 Å². The molecule has 0 radical (unpaired) electrons. The summed E-state index contributed by atoms with van der Waals surface area (Å²) in [6.45, 7) is 3.37. The van der Waals surface area contributed by atoms with Crippen LogP contribution < -0.4 is 14.8 Å². The third-order valence-electron chi connectivity index (χ3n) is 2.61. The van der Waals surface area contributed by atoms with E-state index in [2.05, 4.69) is 5.32 Å². The van der Waals surface area contributed by atoms with Crippen molar-refractivity contribution in [1.82, 2.24) is 0 Å². The molecule has 0 aliphatic carbocycles. The van der Waals surface area contributed by atoms with Crippen molar-refractivity contribution < 1.29 is 23.8 Å². The zero-order chi connectivity index (χ0) is 14.5. The summed E-state index contributed by atoms with van der Waals surface area (Å²) < 4.78 is 15.3. The molecule has 0 fully saturated rings. The van der Waals surface area contributed by atoms with Crippen molar-refractivity contribution in [2.75, 3.05) is 12.1 Å². The Morgan fingerprint density at radius 1 is 1.35 bits per heavy atom. The van der Waals surface area contributed by atoms with E-state index in [0.29, 0.717) is 17.2 Å². The predicted molar refractivity (Wildman–Crippen MR) is 71.6 cm³/mol. The van der Waals surface area contributed by atoms with Gasteiger partial charge in [-0.1, -0.05) is 6.08 Å². The van der Waals surface area contributed by atoms with Crippen molar-refractivity contribution in [3.8, 4) is 11.5 Å². The molecular formula is C14H15NO5. The van der Waals surface area contributed by atoms with Gasteiger partial charge in [0, 0.05) is 17.8 Å². The molecule has 0 saturated carbocycles. The van der Waals surface area contributed by atoms with Crippen LogP contribution in [0.15, 0.2) is 30.4 Å². The van der Waals surface area contributed by atoms with Crippen molar-refractivity contribution in [3.63, 3.8) is 0 Å². The van der Waals surface area contributed by atoms with Gasteiger partial charge in [0.2, 0.25) is 6.79 Å². The van der Waals surface area contributed by atoms with Gasteiger partial charge in [-0.05, 0) is 26.0 Å². The van der Waals surface area contributed by atoms with E-state index >= 15 is 0 Å². The first kappa shape index (κ1) is 13.9. The lowest BCUT2D eigenvalue weighted by Gasteiger charge is -2.12. The number of fused-ring (bicyclic) bond motifs is 1. The molecule has 6 heteroatoms. The Labute approximate surface area is 116 Å². The van der Waals surface area contributed by atoms with E-state index in [-0.39, 0.29) is 6.79 Å². The molecule has 2 rings (SSSR count). The van der Waals surface area contributed by atoms with Crippen LogP contribution in [-0.2, 0) is 14.3 Å². The fourth-order valence-corrected chi connectivity index (χ4v) is 1.62. The van der Waals surface area contributed by atoms with Crippen LogP contribution in [-0.4, -0.2) is 24.8 Å². The van der Waals surface area contributed by atoms with Crippen LogP contribution in [0, 0.1) is 0 Å². The molecule has 1 aromatic rings. The normalized spacial score (nSPS) is 14.1. The van der Waals surface area contributed by atoms with Gasteiger partial charge in [-0.2, -0.15) is 0 Å². The highest BCUT2D eigenvalue weighted by molar-refractivity contribution is 5.96. The van der Waals surface area contributed by atoms with Crippen molar-refractivity contribution in [2.45, 2.75) is 20.0 Å². The number of carbonyl (C=O) groups excluding carboxylic acids is 2. The van der Waals surface area contributed by atoms with Gasteiger partial charge in [0.1, 0.15) is 0 Å². The van der Waals surface area contributed by atoms with Crippen molar-refractivity contribution >= 4 is 17.6 Å². The van der Waals surface area contributed by atoms with Gasteiger partial charge < -0.3 is 19.5 Å². The third-order valence-corrected chi connectivity index (χ3v) is 2.61. The van der Waals surface area contributed by atoms with E-state index in [4.69, 9.17) is 14.2 Å². The molecule has 1 aromatic carbocycles. The number of anilines is 1. The van der Waals surface area contributed by atoms with Crippen LogP contribution in [0.4, 0.5) is 5.69 Å². The van der Waals surface area contributed by atoms with Crippen LogP contribution in [0.5, 0.6) is 11.5 Å². The summed E-state index contributed by atoms with van der Waals surface area (Å²) in [4.78, 5) is 23.1. The van der Waals surface area contributed by atoms with Gasteiger partial charge in [-0.15, -0.1) is 0 Å². The van der Waals surface area contributed by atoms with E-state index in [1.165, 1.54) is 13.0 Å². The topological polar surface area (TPSA) is 73.9 Å². The number of hydrogen-bond donors (Lipinski definition) is 1. The summed E-state index contributed by atoms with van der Waals surface area (Å²) in [5.74, 6) is 0.236. The number of benzene rings is 1. The minimum Gasteiger partial charge on any atom is -0.454 e. The Kier molecular flexibility index (Phi) is 4.24. The van der Waals surface area contributed by atoms with Crippen LogP contribution in [0.3, 0.4) is 0 Å². The maximum atomic E-state index is 11.9. The lowest BCUT2D eigenvalue weighted by atomic mass is 10.2. The molecule has 1 heterocycles. The lowest BCUT2D eigenvalue weighted by Crippen LogP contribution is -2.29. The number of esters is 1. The van der Waals surface area contributed by atoms with Crippen LogP contribution in [0.1, 0.15) is 13.8 Å². The Hall–Kier alpha value is -2.50. The van der Waals surface area contributed by atoms with Crippen LogP contribution >= 0.6 is 0 Å². The second-order valence-electron chi connectivity index (χ2n) is 4.14. The van der Waals surface area contributed by atoms with E-state index < -0.39 is 18.0 Å². The molecule has 1 N–H and O–H groups in total. The number of carbonyl (C=O) groups is 2. The Morgan fingerprint density at radius 3 is 2.85 bits per heavy atom. The summed E-state index contributed by atoms with van der Waals surface area (Å²) in [5.41, 5.74) is 0.549. The summed E-state index contributed by atoms with van der Waals surface area (Å²) in [7, 11) is 0. The number of ether oxygens (including phenoxy) is 3. The molecule has 20 heavy (non-hydrogen) atoms. The number of allylic oxidation sites excluding steroid dienone is 1. The summed E-state index contributed by atoms with van der Waals surface area (Å²) in [6.07, 6.45) is 1.92. The average molecular weight is 277 g/mol. The summed E-state index contributed by atoms with van der Waals surface area (Å²) in [6, 6.07) is 5.04. The zero-order valence-electron chi connectivity index (χ0n) is 11.2. The van der Waals surface area contributed by atoms with Gasteiger partial charge in [0.15, 0.2) is 17.6 Å². The molecular weight excluding hydrogens is 262 g/mol. The number of hydrogen-bond acceptors (Lipinski definition) is 5. The van der Waals surface area contributed by atoms with Gasteiger partial charge in [0.25, 0.3) is 5.91 Å². The average Bonchev–Trinajstić information content (AvgIpc) is 2.86. The lowest BCUT2D eigenvalue weighted by molar-refractivity contribution is -0.148. The highest BCUT2D eigenvalue weighted by Gasteiger charge is 2.18. The Bertz CT molecular complexity index is 552. The quantitative estimate of drug-likeness (QED) is 0.671. The summed E-state index contributed by atoms with van der Waals surface area (Å²) in [5, 5.41) is 2.64. The largest absolute Gasteiger partial charge is 0.454 e. The summed E-state index contributed by atoms with van der Waals surface area (Å²) >= 11 is 0. The molecule has 1 aliphatic heterocycles. The third kappa shape index (κ3) is 3.28. The molecule has 1 aliphatic rings. The SMILES string of the molecule is C/C=C/C(=O)O[C@@H](C)C(=O)Nc1ccc2c(c1)OCO2. The minimum absolute atomic E-state index is 0.171. The predicted octanol–water partition coefficient (Wildman–Crippen LogP) is 1.86. The highest BCUT2D eigenvalue weighted by atomic mass is 16.7. The first-order valence-electron chi connectivity index (χ1n) is 6.14. The maximum Gasteiger partial charge on any atom is 0.331 e. The molecule has 0 saturated heterocycles. The number of rotatable bonds is 4. The van der Waals surface area contributed by atoms with Gasteiger partial charge >= 0.3 is 5.97 Å². The van der Waals surface area contributed by atoms with Gasteiger partial charge in [-0.25, -0.2) is 4.79 Å². The van der Waals surface area contributed by atoms with Crippen molar-refractivity contribution in [3.05, 3.63) is 30.4 Å². The van der Waals surface area contributed by atoms with E-state index in [1.807, 2.05) is 0 Å². The zero-order valence-corrected chi connectivity index (χ0v) is 11.2. The molecule has 0 aromatic heterocycles. The van der Waals surface area contributed by atoms with Crippen molar-refractivity contribution in [2.24, 2.45) is 0 Å². The monoisotopic (exact) mass is 277 g/mol. The standard InChI is InChI=1S/C14H15NO5/c1-3-4-13(16)20-9(2)14(17)15-10-5-6-11-12(7-10)19-8-18-11/h3-7,9H,8H2,1-2H3,(H,15,17)/b4-3+/t9-/m0/s1. The minimum atomic E-state index is -0.885. The molecule has 106 valence electrons. The molecule has 0 bridgehead atoms. The maximum absolute atomic E-state index is 11.9. The molecule has 0 spiro atoms. The first-order valence-corrected chi connectivity index (χ1v) is 6.14. The van der Waals surface area contributed by atoms with Gasteiger partial charge in [-0.3, -0.25) is 4.79 Å². The first-order chi connectivity index (χ1) is 9.60. The second-order valence-corrected chi connectivity index (χ2v) is 4.14. The Balaban J connectivity index is 1.95. The van der Waals surface area contributed by atoms with E-state index in [9.17, 15) is 9.59 Å². The van der Waals surface area contributed by atoms with Crippen molar-refractivity contribution in [1.29, 1.82) is 0 Å². The molecule has 6 nitrogen and oxygen atoms in total. The number of amides is 1. The van der Waals surface area contributed by atoms with E-state index in [1.54, 1.807) is 31.2 Å². The fourth-order valence-electron chi connectivity index (χ4n) is 1.62. The molecule has 0 unspecified atom stereocenters.